The van der Waals surface area contributed by atoms with Crippen LogP contribution in [0.5, 0.6) is 0 Å². The Morgan fingerprint density at radius 3 is 2.34 bits per heavy atom. The Kier molecular flexibility index (Phi) is 7.41. The van der Waals surface area contributed by atoms with Crippen molar-refractivity contribution in [2.24, 2.45) is 0 Å². The van der Waals surface area contributed by atoms with Crippen molar-refractivity contribution in [2.45, 2.75) is 46.6 Å². The highest BCUT2D eigenvalue weighted by Crippen LogP contribution is 2.23. The number of amides is 1. The van der Waals surface area contributed by atoms with Gasteiger partial charge in [-0.25, -0.2) is 12.8 Å². The van der Waals surface area contributed by atoms with Crippen LogP contribution in [0, 0.1) is 26.6 Å². The van der Waals surface area contributed by atoms with Crippen molar-refractivity contribution in [1.82, 2.24) is 5.32 Å². The number of hydrogen-bond donors (Lipinski definition) is 1. The van der Waals surface area contributed by atoms with Gasteiger partial charge in [0.1, 0.15) is 5.82 Å². The molecular weight excluding hydrogens is 391 g/mol. The Morgan fingerprint density at radius 2 is 1.72 bits per heavy atom. The number of hydrogen-bond acceptors (Lipinski definition) is 3. The highest BCUT2D eigenvalue weighted by Gasteiger charge is 2.21. The van der Waals surface area contributed by atoms with Gasteiger partial charge in [0, 0.05) is 13.0 Å². The number of benzene rings is 2. The summed E-state index contributed by atoms with van der Waals surface area (Å²) in [5.41, 5.74) is 4.54. The SMILES string of the molecule is Cc1cc(C)c([C@H](C)NC(=O)CCCN(c2ccccc2F)S(C)(=O)=O)cc1C. The average Bonchev–Trinajstić information content (AvgIpc) is 2.61. The second-order valence-corrected chi connectivity index (χ2v) is 9.38. The van der Waals surface area contributed by atoms with Crippen LogP contribution in [0.2, 0.25) is 0 Å². The number of sulfonamides is 1. The molecule has 1 N–H and O–H groups in total. The summed E-state index contributed by atoms with van der Waals surface area (Å²) in [4.78, 5) is 12.4. The standard InChI is InChI=1S/C22H29FN2O3S/c1-15-13-17(3)19(14-16(15)2)18(4)24-22(26)11-8-12-25(29(5,27)28)21-10-7-6-9-20(21)23/h6-7,9-10,13-14,18H,8,11-12H2,1-5H3,(H,24,26)/t18-/m0/s1. The Labute approximate surface area is 173 Å². The fourth-order valence-corrected chi connectivity index (χ4v) is 4.31. The molecule has 0 fully saturated rings. The first-order chi connectivity index (χ1) is 13.5. The molecule has 7 heteroatoms. The van der Waals surface area contributed by atoms with Crippen LogP contribution in [-0.4, -0.2) is 27.1 Å². The van der Waals surface area contributed by atoms with E-state index in [0.29, 0.717) is 0 Å². The van der Waals surface area contributed by atoms with Crippen LogP contribution in [0.3, 0.4) is 0 Å². The minimum atomic E-state index is -3.66. The Bertz CT molecular complexity index is 990. The van der Waals surface area contributed by atoms with E-state index in [-0.39, 0.29) is 37.0 Å². The zero-order valence-electron chi connectivity index (χ0n) is 17.6. The van der Waals surface area contributed by atoms with Crippen LogP contribution < -0.4 is 9.62 Å². The topological polar surface area (TPSA) is 66.5 Å². The zero-order chi connectivity index (χ0) is 21.8. The third-order valence-electron chi connectivity index (χ3n) is 5.01. The third kappa shape index (κ3) is 6.03. The lowest BCUT2D eigenvalue weighted by Gasteiger charge is -2.23. The van der Waals surface area contributed by atoms with E-state index < -0.39 is 15.8 Å². The van der Waals surface area contributed by atoms with Crippen molar-refractivity contribution in [3.63, 3.8) is 0 Å². The molecule has 0 aromatic heterocycles. The van der Waals surface area contributed by atoms with Crippen molar-refractivity contribution in [1.29, 1.82) is 0 Å². The van der Waals surface area contributed by atoms with Gasteiger partial charge in [-0.15, -0.1) is 0 Å². The Morgan fingerprint density at radius 1 is 1.10 bits per heavy atom. The molecule has 1 amide bonds. The molecule has 29 heavy (non-hydrogen) atoms. The normalized spacial score (nSPS) is 12.5. The molecule has 2 aromatic rings. The Hall–Kier alpha value is -2.41. The fourth-order valence-electron chi connectivity index (χ4n) is 3.34. The summed E-state index contributed by atoms with van der Waals surface area (Å²) < 4.78 is 39.2. The number of anilines is 1. The molecule has 0 bridgehead atoms. The van der Waals surface area contributed by atoms with Crippen molar-refractivity contribution in [3.8, 4) is 0 Å². The first-order valence-corrected chi connectivity index (χ1v) is 11.4. The van der Waals surface area contributed by atoms with Crippen LogP contribution >= 0.6 is 0 Å². The maximum Gasteiger partial charge on any atom is 0.232 e. The largest absolute Gasteiger partial charge is 0.350 e. The van der Waals surface area contributed by atoms with Crippen LogP contribution in [0.1, 0.15) is 48.1 Å². The van der Waals surface area contributed by atoms with Gasteiger partial charge in [-0.3, -0.25) is 9.10 Å². The van der Waals surface area contributed by atoms with Gasteiger partial charge in [-0.2, -0.15) is 0 Å². The number of nitrogens with one attached hydrogen (secondary N) is 1. The van der Waals surface area contributed by atoms with E-state index in [1.807, 2.05) is 20.8 Å². The van der Waals surface area contributed by atoms with Crippen LogP contribution in [0.15, 0.2) is 36.4 Å². The highest BCUT2D eigenvalue weighted by molar-refractivity contribution is 7.92. The lowest BCUT2D eigenvalue weighted by Crippen LogP contribution is -2.33. The number of halogens is 1. The second-order valence-electron chi connectivity index (χ2n) is 7.47. The molecular formula is C22H29FN2O3S. The van der Waals surface area contributed by atoms with Crippen molar-refractivity contribution in [3.05, 3.63) is 64.5 Å². The van der Waals surface area contributed by atoms with E-state index in [1.165, 1.54) is 29.3 Å². The third-order valence-corrected chi connectivity index (χ3v) is 6.19. The van der Waals surface area contributed by atoms with E-state index in [4.69, 9.17) is 0 Å². The summed E-state index contributed by atoms with van der Waals surface area (Å²) in [6.45, 7) is 8.07. The van der Waals surface area contributed by atoms with Gasteiger partial charge in [-0.05, 0) is 68.5 Å². The quantitative estimate of drug-likeness (QED) is 0.697. The number of carbonyl (C=O) groups is 1. The molecule has 1 atom stereocenters. The molecule has 0 aliphatic carbocycles. The molecule has 158 valence electrons. The molecule has 0 spiro atoms. The van der Waals surface area contributed by atoms with Gasteiger partial charge in [0.25, 0.3) is 0 Å². The number of para-hydroxylation sites is 1. The molecule has 0 heterocycles. The molecule has 0 radical (unpaired) electrons. The molecule has 0 aliphatic heterocycles. The second kappa shape index (κ2) is 9.39. The van der Waals surface area contributed by atoms with Crippen LogP contribution in [0.4, 0.5) is 10.1 Å². The first kappa shape index (κ1) is 22.9. The molecule has 0 saturated carbocycles. The van der Waals surface area contributed by atoms with Gasteiger partial charge >= 0.3 is 0 Å². The predicted molar refractivity (Wildman–Crippen MR) is 115 cm³/mol. The first-order valence-electron chi connectivity index (χ1n) is 9.60. The molecule has 0 unspecified atom stereocenters. The monoisotopic (exact) mass is 420 g/mol. The lowest BCUT2D eigenvalue weighted by molar-refractivity contribution is -0.121. The van der Waals surface area contributed by atoms with E-state index in [9.17, 15) is 17.6 Å². The molecule has 0 saturated heterocycles. The van der Waals surface area contributed by atoms with Crippen LogP contribution in [-0.2, 0) is 14.8 Å². The van der Waals surface area contributed by atoms with E-state index >= 15 is 0 Å². The average molecular weight is 421 g/mol. The van der Waals surface area contributed by atoms with Gasteiger partial charge < -0.3 is 5.32 Å². The minimum absolute atomic E-state index is 0.00506. The number of rotatable bonds is 8. The number of aryl methyl sites for hydroxylation is 3. The summed E-state index contributed by atoms with van der Waals surface area (Å²) in [6.07, 6.45) is 1.46. The zero-order valence-corrected chi connectivity index (χ0v) is 18.4. The fraction of sp³-hybridized carbons (Fsp3) is 0.409. The van der Waals surface area contributed by atoms with E-state index in [2.05, 4.69) is 24.4 Å². The maximum absolute atomic E-state index is 14.0. The predicted octanol–water partition coefficient (Wildman–Crippen LogP) is 4.17. The highest BCUT2D eigenvalue weighted by atomic mass is 32.2. The van der Waals surface area contributed by atoms with Gasteiger partial charge in [0.05, 0.1) is 18.0 Å². The lowest BCUT2D eigenvalue weighted by atomic mass is 9.96. The number of carbonyl (C=O) groups excluding carboxylic acids is 1. The van der Waals surface area contributed by atoms with Crippen molar-refractivity contribution < 1.29 is 17.6 Å². The minimum Gasteiger partial charge on any atom is -0.350 e. The molecule has 2 aromatic carbocycles. The molecule has 2 rings (SSSR count). The van der Waals surface area contributed by atoms with Gasteiger partial charge in [0.2, 0.25) is 15.9 Å². The van der Waals surface area contributed by atoms with Crippen molar-refractivity contribution in [2.75, 3.05) is 17.1 Å². The summed E-state index contributed by atoms with van der Waals surface area (Å²) in [7, 11) is -3.66. The molecule has 5 nitrogen and oxygen atoms in total. The summed E-state index contributed by atoms with van der Waals surface area (Å²) in [5.74, 6) is -0.779. The summed E-state index contributed by atoms with van der Waals surface area (Å²) in [5, 5.41) is 2.97. The van der Waals surface area contributed by atoms with Crippen molar-refractivity contribution >= 4 is 21.6 Å². The van der Waals surface area contributed by atoms with Gasteiger partial charge in [0.15, 0.2) is 0 Å². The van der Waals surface area contributed by atoms with Gasteiger partial charge in [-0.1, -0.05) is 24.3 Å². The van der Waals surface area contributed by atoms with Crippen LogP contribution in [0.25, 0.3) is 0 Å². The summed E-state index contributed by atoms with van der Waals surface area (Å²) >= 11 is 0. The smallest absolute Gasteiger partial charge is 0.232 e. The molecule has 0 aliphatic rings. The maximum atomic E-state index is 14.0. The summed E-state index contributed by atoms with van der Waals surface area (Å²) in [6, 6.07) is 9.75. The van der Waals surface area contributed by atoms with E-state index in [1.54, 1.807) is 6.07 Å². The Balaban J connectivity index is 1.99. The van der Waals surface area contributed by atoms with E-state index in [0.717, 1.165) is 21.7 Å². The number of nitrogens with zero attached hydrogens (tertiary/aromatic N) is 1.